The fourth-order valence-corrected chi connectivity index (χ4v) is 4.75. The fourth-order valence-electron chi connectivity index (χ4n) is 3.80. The number of fused-ring (bicyclic) bond motifs is 1. The Morgan fingerprint density at radius 3 is 2.61 bits per heavy atom. The van der Waals surface area contributed by atoms with Crippen molar-refractivity contribution in [3.05, 3.63) is 29.3 Å². The van der Waals surface area contributed by atoms with Gasteiger partial charge in [-0.25, -0.2) is 8.93 Å². The van der Waals surface area contributed by atoms with Crippen LogP contribution in [0.1, 0.15) is 50.8 Å². The summed E-state index contributed by atoms with van der Waals surface area (Å²) >= 11 is 0. The van der Waals surface area contributed by atoms with Crippen molar-refractivity contribution in [2.24, 2.45) is 5.41 Å². The maximum Gasteiger partial charge on any atom is 0.119 e. The lowest BCUT2D eigenvalue weighted by molar-refractivity contribution is 0.164. The van der Waals surface area contributed by atoms with Crippen molar-refractivity contribution in [3.8, 4) is 5.75 Å². The lowest BCUT2D eigenvalue weighted by Crippen LogP contribution is -2.46. The Kier molecular flexibility index (Phi) is 4.55. The Balaban J connectivity index is 1.98. The monoisotopic (exact) mass is 336 g/mol. The van der Waals surface area contributed by atoms with Gasteiger partial charge in [0.2, 0.25) is 0 Å². The Hall–Kier alpha value is -0.910. The molecule has 1 spiro atoms. The Bertz CT molecular complexity index is 604. The topological polar surface area (TPSA) is 50.4 Å². The molecule has 1 fully saturated rings. The molecule has 23 heavy (non-hydrogen) atoms. The first-order chi connectivity index (χ1) is 10.9. The Morgan fingerprint density at radius 1 is 1.30 bits per heavy atom. The maximum absolute atomic E-state index is 12.8. The van der Waals surface area contributed by atoms with Gasteiger partial charge in [0.15, 0.2) is 0 Å². The average Bonchev–Trinajstić information content (AvgIpc) is 2.79. The van der Waals surface area contributed by atoms with Crippen LogP contribution in [-0.2, 0) is 17.4 Å². The third-order valence-corrected chi connectivity index (χ3v) is 6.76. The second-order valence-electron chi connectivity index (χ2n) is 7.79. The molecule has 0 aromatic heterocycles. The SMILES string of the molecule is COc1ccc2c(c1)[C@@H](NS(=O)C(C)(C)C)C1(CCNCC1)C2. The minimum atomic E-state index is -1.08. The lowest BCUT2D eigenvalue weighted by atomic mass is 9.73. The lowest BCUT2D eigenvalue weighted by Gasteiger charge is -2.40. The van der Waals surface area contributed by atoms with E-state index in [9.17, 15) is 4.21 Å². The molecule has 5 heteroatoms. The molecule has 4 nitrogen and oxygen atoms in total. The van der Waals surface area contributed by atoms with Gasteiger partial charge in [-0.15, -0.1) is 0 Å². The third-order valence-electron chi connectivity index (χ3n) is 5.20. The summed E-state index contributed by atoms with van der Waals surface area (Å²) in [6.45, 7) is 8.13. The summed E-state index contributed by atoms with van der Waals surface area (Å²) in [5.74, 6) is 0.878. The molecule has 3 rings (SSSR count). The summed E-state index contributed by atoms with van der Waals surface area (Å²) in [6, 6.07) is 6.48. The van der Waals surface area contributed by atoms with E-state index >= 15 is 0 Å². The molecule has 1 saturated heterocycles. The number of hydrogen-bond donors (Lipinski definition) is 2. The molecular formula is C18H28N2O2S. The van der Waals surface area contributed by atoms with E-state index in [0.717, 1.165) is 38.1 Å². The van der Waals surface area contributed by atoms with E-state index in [1.807, 2.05) is 26.8 Å². The van der Waals surface area contributed by atoms with Gasteiger partial charge < -0.3 is 10.1 Å². The molecule has 1 heterocycles. The zero-order chi connectivity index (χ0) is 16.7. The van der Waals surface area contributed by atoms with E-state index < -0.39 is 11.0 Å². The van der Waals surface area contributed by atoms with Crippen LogP contribution in [-0.4, -0.2) is 29.2 Å². The van der Waals surface area contributed by atoms with Gasteiger partial charge in [-0.1, -0.05) is 6.07 Å². The van der Waals surface area contributed by atoms with Crippen LogP contribution in [0.25, 0.3) is 0 Å². The number of ether oxygens (including phenoxy) is 1. The molecule has 2 N–H and O–H groups in total. The highest BCUT2D eigenvalue weighted by Crippen LogP contribution is 2.52. The van der Waals surface area contributed by atoms with Gasteiger partial charge in [0.1, 0.15) is 5.75 Å². The highest BCUT2D eigenvalue weighted by Gasteiger charge is 2.47. The molecule has 0 saturated carbocycles. The largest absolute Gasteiger partial charge is 0.497 e. The Labute approximate surface area is 142 Å². The molecule has 1 aliphatic carbocycles. The van der Waals surface area contributed by atoms with Crippen molar-refractivity contribution in [2.75, 3.05) is 20.2 Å². The first-order valence-electron chi connectivity index (χ1n) is 8.41. The normalized spacial score (nSPS) is 24.4. The minimum Gasteiger partial charge on any atom is -0.497 e. The molecule has 1 unspecified atom stereocenters. The van der Waals surface area contributed by atoms with Crippen LogP contribution in [0.15, 0.2) is 18.2 Å². The molecule has 0 radical (unpaired) electrons. The molecule has 128 valence electrons. The van der Waals surface area contributed by atoms with Gasteiger partial charge >= 0.3 is 0 Å². The molecule has 1 aliphatic heterocycles. The number of piperidine rings is 1. The average molecular weight is 337 g/mol. The Morgan fingerprint density at radius 2 is 2.00 bits per heavy atom. The molecule has 2 atom stereocenters. The number of benzene rings is 1. The van der Waals surface area contributed by atoms with Gasteiger partial charge in [-0.05, 0) is 81.8 Å². The van der Waals surface area contributed by atoms with Crippen LogP contribution in [0.5, 0.6) is 5.75 Å². The summed E-state index contributed by atoms with van der Waals surface area (Å²) in [5.41, 5.74) is 2.81. The van der Waals surface area contributed by atoms with Crippen molar-refractivity contribution < 1.29 is 8.95 Å². The summed E-state index contributed by atoms with van der Waals surface area (Å²) in [5, 5.41) is 3.46. The van der Waals surface area contributed by atoms with Gasteiger partial charge in [-0.3, -0.25) is 0 Å². The second kappa shape index (κ2) is 6.19. The summed E-state index contributed by atoms with van der Waals surface area (Å²) in [7, 11) is 0.619. The highest BCUT2D eigenvalue weighted by atomic mass is 32.2. The summed E-state index contributed by atoms with van der Waals surface area (Å²) in [4.78, 5) is 0. The molecule has 0 bridgehead atoms. The smallest absolute Gasteiger partial charge is 0.119 e. The maximum atomic E-state index is 12.8. The second-order valence-corrected chi connectivity index (χ2v) is 9.78. The van der Waals surface area contributed by atoms with E-state index in [-0.39, 0.29) is 16.2 Å². The molecule has 1 aromatic rings. The van der Waals surface area contributed by atoms with Gasteiger partial charge in [0.05, 0.1) is 28.9 Å². The van der Waals surface area contributed by atoms with E-state index in [1.54, 1.807) is 7.11 Å². The highest BCUT2D eigenvalue weighted by molar-refractivity contribution is 7.84. The van der Waals surface area contributed by atoms with Crippen molar-refractivity contribution in [1.29, 1.82) is 0 Å². The van der Waals surface area contributed by atoms with Crippen molar-refractivity contribution in [3.63, 3.8) is 0 Å². The first kappa shape index (κ1) is 16.9. The zero-order valence-corrected chi connectivity index (χ0v) is 15.4. The summed E-state index contributed by atoms with van der Waals surface area (Å²) < 4.78 is 21.4. The number of methoxy groups -OCH3 is 1. The predicted octanol–water partition coefficient (Wildman–Crippen LogP) is 2.71. The van der Waals surface area contributed by atoms with Gasteiger partial charge in [0.25, 0.3) is 0 Å². The van der Waals surface area contributed by atoms with Crippen LogP contribution < -0.4 is 14.8 Å². The first-order valence-corrected chi connectivity index (χ1v) is 9.56. The van der Waals surface area contributed by atoms with Gasteiger partial charge in [0, 0.05) is 0 Å². The molecular weight excluding hydrogens is 308 g/mol. The number of hydrogen-bond acceptors (Lipinski definition) is 3. The summed E-state index contributed by atoms with van der Waals surface area (Å²) in [6.07, 6.45) is 3.29. The number of rotatable bonds is 3. The van der Waals surface area contributed by atoms with E-state index in [2.05, 4.69) is 22.2 Å². The van der Waals surface area contributed by atoms with Crippen LogP contribution in [0, 0.1) is 5.41 Å². The van der Waals surface area contributed by atoms with Gasteiger partial charge in [-0.2, -0.15) is 0 Å². The zero-order valence-electron chi connectivity index (χ0n) is 14.6. The van der Waals surface area contributed by atoms with Crippen LogP contribution >= 0.6 is 0 Å². The third kappa shape index (κ3) is 3.19. The van der Waals surface area contributed by atoms with Crippen LogP contribution in [0.2, 0.25) is 0 Å². The molecule has 1 aromatic carbocycles. The minimum absolute atomic E-state index is 0.134. The quantitative estimate of drug-likeness (QED) is 0.892. The number of nitrogens with one attached hydrogen (secondary N) is 2. The van der Waals surface area contributed by atoms with E-state index in [0.29, 0.717) is 0 Å². The van der Waals surface area contributed by atoms with Crippen LogP contribution in [0.4, 0.5) is 0 Å². The predicted molar refractivity (Wildman–Crippen MR) is 95.0 cm³/mol. The van der Waals surface area contributed by atoms with E-state index in [1.165, 1.54) is 11.1 Å². The standard InChI is InChI=1S/C18H28N2O2S/c1-17(2,3)23(21)20-16-15-11-14(22-4)6-5-13(15)12-18(16)7-9-19-10-8-18/h5-6,11,16,19-20H,7-10,12H2,1-4H3/t16-,23?/m1/s1. The van der Waals surface area contributed by atoms with Crippen LogP contribution in [0.3, 0.4) is 0 Å². The van der Waals surface area contributed by atoms with Crippen molar-refractivity contribution in [1.82, 2.24) is 10.0 Å². The van der Waals surface area contributed by atoms with E-state index in [4.69, 9.17) is 4.74 Å². The molecule has 2 aliphatic rings. The van der Waals surface area contributed by atoms with Crippen molar-refractivity contribution >= 4 is 11.0 Å². The fraction of sp³-hybridized carbons (Fsp3) is 0.667. The molecule has 0 amide bonds. The van der Waals surface area contributed by atoms with Crippen molar-refractivity contribution in [2.45, 2.75) is 50.8 Å².